The number of alkyl halides is 5. The molecule has 1 aromatic heterocycles. The average Bonchev–Trinajstić information content (AvgIpc) is 3.14. The Morgan fingerprint density at radius 3 is 2.26 bits per heavy atom. The summed E-state index contributed by atoms with van der Waals surface area (Å²) >= 11 is 0. The van der Waals surface area contributed by atoms with Crippen LogP contribution >= 0.6 is 9.24 Å². The van der Waals surface area contributed by atoms with Crippen molar-refractivity contribution in [2.45, 2.75) is 44.9 Å². The normalized spacial score (nSPS) is 16.2. The first-order valence-corrected chi connectivity index (χ1v) is 12.5. The van der Waals surface area contributed by atoms with E-state index in [9.17, 15) is 30.4 Å². The molecule has 2 atom stereocenters. The van der Waals surface area contributed by atoms with E-state index in [1.54, 1.807) is 20.9 Å². The highest BCUT2D eigenvalue weighted by molar-refractivity contribution is 7.95. The summed E-state index contributed by atoms with van der Waals surface area (Å²) in [6, 6.07) is 0. The Morgan fingerprint density at radius 1 is 1.26 bits per heavy atom. The third kappa shape index (κ3) is 6.27. The zero-order valence-electron chi connectivity index (χ0n) is 20.4. The lowest BCUT2D eigenvalue weighted by molar-refractivity contribution is -0.295. The predicted molar refractivity (Wildman–Crippen MR) is 133 cm³/mol. The van der Waals surface area contributed by atoms with Gasteiger partial charge in [-0.2, -0.15) is 27.1 Å². The largest absolute Gasteiger partial charge is 0.454 e. The molecule has 0 amide bonds. The van der Waals surface area contributed by atoms with Crippen molar-refractivity contribution in [2.24, 2.45) is 12.1 Å². The molecule has 1 rings (SSSR count). The van der Waals surface area contributed by atoms with Crippen molar-refractivity contribution in [3.63, 3.8) is 0 Å². The van der Waals surface area contributed by atoms with Crippen molar-refractivity contribution < 1.29 is 30.4 Å². The molecule has 0 saturated carbocycles. The summed E-state index contributed by atoms with van der Waals surface area (Å²) in [5.74, 6) is -5.58. The van der Waals surface area contributed by atoms with Gasteiger partial charge in [-0.1, -0.05) is 26.2 Å². The van der Waals surface area contributed by atoms with E-state index in [4.69, 9.17) is 0 Å². The van der Waals surface area contributed by atoms with Crippen LogP contribution in [0.2, 0.25) is 0 Å². The minimum absolute atomic E-state index is 0.154. The molecule has 13 heteroatoms. The second-order valence-electron chi connectivity index (χ2n) is 8.00. The highest BCUT2D eigenvalue weighted by Crippen LogP contribution is 2.53. The van der Waals surface area contributed by atoms with Crippen LogP contribution < -0.4 is 0 Å². The summed E-state index contributed by atoms with van der Waals surface area (Å²) in [6.45, 7) is 12.9. The number of nitrogens with zero attached hydrogens (tertiary/aromatic N) is 4. The fourth-order valence-electron chi connectivity index (χ4n) is 2.96. The van der Waals surface area contributed by atoms with Crippen molar-refractivity contribution in [1.29, 1.82) is 0 Å². The molecule has 2 unspecified atom stereocenters. The Balaban J connectivity index is 3.64. The lowest BCUT2D eigenvalue weighted by atomic mass is 9.98. The molecular weight excluding hydrogens is 510 g/mol. The standard InChI is InChI=1S/C22H30F5N4O2PS/c1-9-30(7)29-16(5)14(3)11-12-17(35(32,33)10-2)15(4)19-28-13-18(31(19)8)20(6,34)21(23,24)22(25,26)27/h9,11-13H,1,4,10,34H2,2-3,5-8H3/b14-11+,17-12+,29-16+. The van der Waals surface area contributed by atoms with Gasteiger partial charge in [0.2, 0.25) is 0 Å². The van der Waals surface area contributed by atoms with Crippen molar-refractivity contribution in [3.05, 3.63) is 59.7 Å². The van der Waals surface area contributed by atoms with Gasteiger partial charge in [0.25, 0.3) is 0 Å². The maximum absolute atomic E-state index is 14.2. The molecule has 196 valence electrons. The molecule has 1 heterocycles. The van der Waals surface area contributed by atoms with Crippen LogP contribution in [0.1, 0.15) is 39.2 Å². The zero-order valence-corrected chi connectivity index (χ0v) is 22.4. The number of hydrogen-bond donors (Lipinski definition) is 0. The van der Waals surface area contributed by atoms with E-state index in [2.05, 4.69) is 23.2 Å². The van der Waals surface area contributed by atoms with Crippen molar-refractivity contribution >= 4 is 30.4 Å². The van der Waals surface area contributed by atoms with Crippen LogP contribution in [-0.2, 0) is 22.0 Å². The molecule has 0 aliphatic carbocycles. The molecule has 0 saturated heterocycles. The number of sulfone groups is 1. The smallest absolute Gasteiger partial charge is 0.330 e. The Hall–Kier alpha value is -2.33. The van der Waals surface area contributed by atoms with Crippen molar-refractivity contribution in [3.8, 4) is 0 Å². The van der Waals surface area contributed by atoms with Crippen LogP contribution in [0.5, 0.6) is 0 Å². The van der Waals surface area contributed by atoms with Crippen molar-refractivity contribution in [1.82, 2.24) is 14.6 Å². The Labute approximate surface area is 205 Å². The molecule has 0 radical (unpaired) electrons. The van der Waals surface area contributed by atoms with Gasteiger partial charge in [0.15, 0.2) is 9.84 Å². The van der Waals surface area contributed by atoms with Gasteiger partial charge in [0, 0.05) is 32.1 Å². The number of rotatable bonds is 10. The summed E-state index contributed by atoms with van der Waals surface area (Å²) in [7, 11) is 0.527. The summed E-state index contributed by atoms with van der Waals surface area (Å²) in [5, 5.41) is 2.91. The lowest BCUT2D eigenvalue weighted by Gasteiger charge is -2.35. The van der Waals surface area contributed by atoms with Gasteiger partial charge < -0.3 is 4.57 Å². The molecular formula is C22H30F5N4O2PS. The SMILES string of the molecule is C=CN(C)/N=C(C)/C(C)=C/C=C(\C(=C)c1ncc(C(C)(P)C(F)(F)C(F)(F)F)n1C)S(=O)(=O)CC. The molecule has 1 aromatic rings. The van der Waals surface area contributed by atoms with Crippen LogP contribution in [-0.4, -0.2) is 53.6 Å². The average molecular weight is 541 g/mol. The molecule has 6 nitrogen and oxygen atoms in total. The summed E-state index contributed by atoms with van der Waals surface area (Å²) in [5.41, 5.74) is 0.545. The van der Waals surface area contributed by atoms with E-state index in [0.29, 0.717) is 18.2 Å². The summed E-state index contributed by atoms with van der Waals surface area (Å²) in [6.07, 6.45) is -0.718. The fraction of sp³-hybridized carbons (Fsp3) is 0.455. The second kappa shape index (κ2) is 10.7. The highest BCUT2D eigenvalue weighted by Gasteiger charge is 2.67. The number of imidazole rings is 1. The zero-order chi connectivity index (χ0) is 27.6. The van der Waals surface area contributed by atoms with Crippen LogP contribution in [0.25, 0.3) is 5.57 Å². The lowest BCUT2D eigenvalue weighted by Crippen LogP contribution is -2.50. The molecule has 0 aliphatic rings. The van der Waals surface area contributed by atoms with Crippen LogP contribution in [0.3, 0.4) is 0 Å². The first-order valence-electron chi connectivity index (χ1n) is 10.2. The van der Waals surface area contributed by atoms with Gasteiger partial charge in [-0.3, -0.25) is 5.01 Å². The highest BCUT2D eigenvalue weighted by atomic mass is 32.2. The van der Waals surface area contributed by atoms with E-state index >= 15 is 0 Å². The Bertz CT molecular complexity index is 1180. The van der Waals surface area contributed by atoms with E-state index in [-0.39, 0.29) is 22.1 Å². The third-order valence-electron chi connectivity index (χ3n) is 5.44. The second-order valence-corrected chi connectivity index (χ2v) is 11.4. The molecule has 0 fully saturated rings. The van der Waals surface area contributed by atoms with Gasteiger partial charge in [0.05, 0.1) is 27.2 Å². The maximum Gasteiger partial charge on any atom is 0.454 e. The predicted octanol–water partition coefficient (Wildman–Crippen LogP) is 5.44. The number of halogens is 5. The molecule has 0 N–H and O–H groups in total. The Morgan fingerprint density at radius 2 is 1.80 bits per heavy atom. The summed E-state index contributed by atoms with van der Waals surface area (Å²) < 4.78 is 94.3. The number of hydrogen-bond acceptors (Lipinski definition) is 5. The van der Waals surface area contributed by atoms with Gasteiger partial charge in [-0.15, -0.1) is 9.24 Å². The van der Waals surface area contributed by atoms with Crippen LogP contribution in [0.15, 0.2) is 53.3 Å². The van der Waals surface area contributed by atoms with E-state index < -0.39 is 32.8 Å². The molecule has 35 heavy (non-hydrogen) atoms. The number of allylic oxidation sites excluding steroid dienone is 4. The minimum Gasteiger partial charge on any atom is -0.330 e. The first kappa shape index (κ1) is 30.7. The molecule has 0 aliphatic heterocycles. The van der Waals surface area contributed by atoms with Crippen LogP contribution in [0.4, 0.5) is 22.0 Å². The monoisotopic (exact) mass is 540 g/mol. The topological polar surface area (TPSA) is 67.6 Å². The number of hydrazone groups is 1. The first-order chi connectivity index (χ1) is 15.8. The van der Waals surface area contributed by atoms with E-state index in [0.717, 1.165) is 10.8 Å². The summed E-state index contributed by atoms with van der Waals surface area (Å²) in [4.78, 5) is 3.69. The third-order valence-corrected chi connectivity index (χ3v) is 7.91. The minimum atomic E-state index is -5.82. The van der Waals surface area contributed by atoms with Crippen LogP contribution in [0, 0.1) is 0 Å². The maximum atomic E-state index is 14.2. The van der Waals surface area contributed by atoms with Gasteiger partial charge in [-0.05, 0) is 32.4 Å². The number of aromatic nitrogens is 2. The molecule has 0 aromatic carbocycles. The van der Waals surface area contributed by atoms with Gasteiger partial charge in [-0.25, -0.2) is 13.4 Å². The van der Waals surface area contributed by atoms with Gasteiger partial charge >= 0.3 is 12.1 Å². The molecule has 0 bridgehead atoms. The van der Waals surface area contributed by atoms with Gasteiger partial charge in [0.1, 0.15) is 5.82 Å². The van der Waals surface area contributed by atoms with E-state index in [1.807, 2.05) is 0 Å². The fourth-order valence-corrected chi connectivity index (χ4v) is 4.45. The van der Waals surface area contributed by atoms with E-state index in [1.165, 1.54) is 46.6 Å². The quantitative estimate of drug-likeness (QED) is 0.130. The Kier molecular flexibility index (Phi) is 9.42. The molecule has 0 spiro atoms. The van der Waals surface area contributed by atoms with Crippen molar-refractivity contribution in [2.75, 3.05) is 12.8 Å².